The van der Waals surface area contributed by atoms with E-state index in [0.29, 0.717) is 19.3 Å². The first-order valence-electron chi connectivity index (χ1n) is 30.0. The van der Waals surface area contributed by atoms with Gasteiger partial charge >= 0.3 is 17.9 Å². The zero-order valence-electron chi connectivity index (χ0n) is 46.3. The van der Waals surface area contributed by atoms with Crippen LogP contribution >= 0.6 is 0 Å². The van der Waals surface area contributed by atoms with Gasteiger partial charge in [0.25, 0.3) is 0 Å². The Balaban J connectivity index is 4.47. The number of hydrogen-bond donors (Lipinski definition) is 0. The Bertz CT molecular complexity index is 1310. The Kier molecular flexibility index (Phi) is 55.8. The zero-order chi connectivity index (χ0) is 50.7. The molecule has 6 nitrogen and oxygen atoms in total. The van der Waals surface area contributed by atoms with Crippen LogP contribution < -0.4 is 0 Å². The Morgan fingerprint density at radius 1 is 0.286 bits per heavy atom. The van der Waals surface area contributed by atoms with E-state index in [1.54, 1.807) is 0 Å². The van der Waals surface area contributed by atoms with Gasteiger partial charge in [0, 0.05) is 19.3 Å². The maximum absolute atomic E-state index is 12.9. The second-order valence-electron chi connectivity index (χ2n) is 20.0. The summed E-state index contributed by atoms with van der Waals surface area (Å²) in [5.74, 6) is -0.940. The fraction of sp³-hybridized carbons (Fsp3) is 0.766. The Hall–Kier alpha value is -3.15. The molecule has 0 N–H and O–H groups in total. The summed E-state index contributed by atoms with van der Waals surface area (Å²) in [6.07, 6.45) is 74.6. The maximum Gasteiger partial charge on any atom is 0.306 e. The molecule has 0 aliphatic rings. The lowest BCUT2D eigenvalue weighted by atomic mass is 10.1. The largest absolute Gasteiger partial charge is 0.462 e. The molecule has 0 amide bonds. The highest BCUT2D eigenvalue weighted by Crippen LogP contribution is 2.15. The van der Waals surface area contributed by atoms with Crippen LogP contribution in [0.3, 0.4) is 0 Å². The van der Waals surface area contributed by atoms with Gasteiger partial charge in [-0.25, -0.2) is 0 Å². The predicted molar refractivity (Wildman–Crippen MR) is 302 cm³/mol. The summed E-state index contributed by atoms with van der Waals surface area (Å²) in [5, 5.41) is 0. The van der Waals surface area contributed by atoms with Crippen molar-refractivity contribution in [1.82, 2.24) is 0 Å². The van der Waals surface area contributed by atoms with Gasteiger partial charge in [0.05, 0.1) is 0 Å². The molecule has 0 aromatic carbocycles. The summed E-state index contributed by atoms with van der Waals surface area (Å²) in [6, 6.07) is 0. The summed E-state index contributed by atoms with van der Waals surface area (Å²) in [6.45, 7) is 6.60. The fourth-order valence-corrected chi connectivity index (χ4v) is 8.43. The molecule has 1 atom stereocenters. The summed E-state index contributed by atoms with van der Waals surface area (Å²) >= 11 is 0. The van der Waals surface area contributed by atoms with E-state index in [1.165, 1.54) is 148 Å². The van der Waals surface area contributed by atoms with Crippen molar-refractivity contribution in [3.8, 4) is 0 Å². The number of rotatable bonds is 54. The number of carbonyl (C=O) groups is 3. The first-order chi connectivity index (χ1) is 34.5. The fourth-order valence-electron chi connectivity index (χ4n) is 8.43. The van der Waals surface area contributed by atoms with Crippen LogP contribution in [0, 0.1) is 0 Å². The minimum atomic E-state index is -0.800. The highest BCUT2D eigenvalue weighted by molar-refractivity contribution is 5.71. The highest BCUT2D eigenvalue weighted by Gasteiger charge is 2.19. The predicted octanol–water partition coefficient (Wildman–Crippen LogP) is 20.2. The van der Waals surface area contributed by atoms with Gasteiger partial charge in [-0.2, -0.15) is 0 Å². The number of allylic oxidation sites excluding steroid dienone is 12. The average molecular weight is 978 g/mol. The summed E-state index contributed by atoms with van der Waals surface area (Å²) in [4.78, 5) is 38.2. The smallest absolute Gasteiger partial charge is 0.306 e. The molecule has 0 saturated carbocycles. The number of carbonyl (C=O) groups excluding carboxylic acids is 3. The van der Waals surface area contributed by atoms with Crippen molar-refractivity contribution in [3.63, 3.8) is 0 Å². The Morgan fingerprint density at radius 2 is 0.529 bits per heavy atom. The number of esters is 3. The van der Waals surface area contributed by atoms with Gasteiger partial charge in [-0.15, -0.1) is 0 Å². The quantitative estimate of drug-likeness (QED) is 0.0199. The second-order valence-corrected chi connectivity index (χ2v) is 20.0. The SMILES string of the molecule is CCCCCCC\C=C/C=C\C=C/CCCCCCCC(=O)OCC(COC(=O)CCCCC/C=C\C=C/CCCCCCCCC)OC(=O)CCCCCCC/C=C\CCCCCCCCCCC. The highest BCUT2D eigenvalue weighted by atomic mass is 16.6. The van der Waals surface area contributed by atoms with E-state index >= 15 is 0 Å². The molecule has 0 rings (SSSR count). The van der Waals surface area contributed by atoms with Crippen molar-refractivity contribution < 1.29 is 28.6 Å². The molecule has 0 heterocycles. The summed E-state index contributed by atoms with van der Waals surface area (Å²) in [7, 11) is 0. The normalized spacial score (nSPS) is 12.6. The van der Waals surface area contributed by atoms with Crippen LogP contribution in [0.25, 0.3) is 0 Å². The minimum Gasteiger partial charge on any atom is -0.462 e. The topological polar surface area (TPSA) is 78.9 Å². The van der Waals surface area contributed by atoms with Crippen LogP contribution in [0.1, 0.15) is 297 Å². The van der Waals surface area contributed by atoms with Crippen LogP contribution in [0.5, 0.6) is 0 Å². The molecule has 404 valence electrons. The molecular formula is C64H112O6. The third-order valence-corrected chi connectivity index (χ3v) is 13.0. The van der Waals surface area contributed by atoms with Crippen molar-refractivity contribution >= 4 is 17.9 Å². The third-order valence-electron chi connectivity index (χ3n) is 13.0. The van der Waals surface area contributed by atoms with Gasteiger partial charge in [0.2, 0.25) is 0 Å². The van der Waals surface area contributed by atoms with Crippen molar-refractivity contribution in [1.29, 1.82) is 0 Å². The van der Waals surface area contributed by atoms with Crippen LogP contribution in [0.2, 0.25) is 0 Å². The van der Waals surface area contributed by atoms with Crippen LogP contribution in [0.4, 0.5) is 0 Å². The first kappa shape index (κ1) is 66.9. The second kappa shape index (κ2) is 58.4. The summed E-state index contributed by atoms with van der Waals surface area (Å²) < 4.78 is 16.9. The molecule has 0 bridgehead atoms. The van der Waals surface area contributed by atoms with E-state index in [-0.39, 0.29) is 31.1 Å². The number of hydrogen-bond acceptors (Lipinski definition) is 6. The van der Waals surface area contributed by atoms with Gasteiger partial charge in [0.1, 0.15) is 13.2 Å². The molecule has 0 aliphatic carbocycles. The van der Waals surface area contributed by atoms with Crippen LogP contribution in [-0.4, -0.2) is 37.2 Å². The molecular weight excluding hydrogens is 865 g/mol. The van der Waals surface area contributed by atoms with Crippen LogP contribution in [0.15, 0.2) is 72.9 Å². The maximum atomic E-state index is 12.9. The van der Waals surface area contributed by atoms with E-state index in [9.17, 15) is 14.4 Å². The molecule has 0 saturated heterocycles. The van der Waals surface area contributed by atoms with Crippen LogP contribution in [-0.2, 0) is 28.6 Å². The van der Waals surface area contributed by atoms with Crippen molar-refractivity contribution in [2.75, 3.05) is 13.2 Å². The van der Waals surface area contributed by atoms with E-state index < -0.39 is 6.10 Å². The van der Waals surface area contributed by atoms with Crippen molar-refractivity contribution in [3.05, 3.63) is 72.9 Å². The number of ether oxygens (including phenoxy) is 3. The monoisotopic (exact) mass is 977 g/mol. The Morgan fingerprint density at radius 3 is 0.857 bits per heavy atom. The zero-order valence-corrected chi connectivity index (χ0v) is 46.3. The Labute approximate surface area is 433 Å². The van der Waals surface area contributed by atoms with Gasteiger partial charge in [-0.1, -0.05) is 254 Å². The van der Waals surface area contributed by atoms with Gasteiger partial charge in [0.15, 0.2) is 6.10 Å². The molecule has 6 heteroatoms. The minimum absolute atomic E-state index is 0.0973. The van der Waals surface area contributed by atoms with Gasteiger partial charge in [-0.05, 0) is 96.3 Å². The van der Waals surface area contributed by atoms with E-state index in [4.69, 9.17) is 14.2 Å². The standard InChI is InChI=1S/C64H112O6/c1-4-7-10-13-16-19-22-25-28-31-33-36-39-42-45-48-51-54-57-63(66)69-60-61(59-68-62(65)56-53-50-47-44-41-38-35-30-27-24-21-18-15-12-9-6-3)70-64(67)58-55-52-49-46-43-40-37-34-32-29-26-23-20-17-14-11-8-5-2/h22,25,28,30-31,33-38,41,61H,4-21,23-24,26-27,29,32,39-40,42-60H2,1-3H3/b25-22-,31-28-,35-30-,36-33-,37-34-,41-38-. The van der Waals surface area contributed by atoms with Crippen molar-refractivity contribution in [2.24, 2.45) is 0 Å². The first-order valence-corrected chi connectivity index (χ1v) is 30.0. The van der Waals surface area contributed by atoms with Crippen molar-refractivity contribution in [2.45, 2.75) is 303 Å². The molecule has 70 heavy (non-hydrogen) atoms. The van der Waals surface area contributed by atoms with Gasteiger partial charge < -0.3 is 14.2 Å². The lowest BCUT2D eigenvalue weighted by Gasteiger charge is -2.18. The lowest BCUT2D eigenvalue weighted by Crippen LogP contribution is -2.30. The lowest BCUT2D eigenvalue weighted by molar-refractivity contribution is -0.167. The molecule has 0 aliphatic heterocycles. The number of unbranched alkanes of at least 4 members (excludes halogenated alkanes) is 34. The molecule has 0 spiro atoms. The average Bonchev–Trinajstić information content (AvgIpc) is 3.36. The molecule has 0 aromatic rings. The molecule has 0 fully saturated rings. The van der Waals surface area contributed by atoms with E-state index in [2.05, 4.69) is 93.7 Å². The molecule has 0 aromatic heterocycles. The molecule has 1 unspecified atom stereocenters. The van der Waals surface area contributed by atoms with Gasteiger partial charge in [-0.3, -0.25) is 14.4 Å². The van der Waals surface area contributed by atoms with E-state index in [1.807, 2.05) is 0 Å². The summed E-state index contributed by atoms with van der Waals surface area (Å²) in [5.41, 5.74) is 0. The van der Waals surface area contributed by atoms with E-state index in [0.717, 1.165) is 109 Å². The molecule has 0 radical (unpaired) electrons. The third kappa shape index (κ3) is 55.8.